The molecule has 6 nitrogen and oxygen atoms in total. The summed E-state index contributed by atoms with van der Waals surface area (Å²) in [7, 11) is 0. The average Bonchev–Trinajstić information content (AvgIpc) is 2.50. The number of aromatic hydroxyl groups is 1. The van der Waals surface area contributed by atoms with E-state index in [-0.39, 0.29) is 22.8 Å². The van der Waals surface area contributed by atoms with Gasteiger partial charge in [-0.15, -0.1) is 0 Å². The molecule has 0 bridgehead atoms. The fourth-order valence-electron chi connectivity index (χ4n) is 2.48. The molecule has 0 aliphatic heterocycles. The van der Waals surface area contributed by atoms with E-state index >= 15 is 0 Å². The van der Waals surface area contributed by atoms with Gasteiger partial charge in [0.1, 0.15) is 11.4 Å². The average molecular weight is 326 g/mol. The molecule has 3 atom stereocenters. The highest BCUT2D eigenvalue weighted by Crippen LogP contribution is 2.33. The quantitative estimate of drug-likeness (QED) is 0.592. The number of aliphatic hydroxyl groups excluding tert-OH is 2. The van der Waals surface area contributed by atoms with Gasteiger partial charge in [-0.2, -0.15) is 0 Å². The van der Waals surface area contributed by atoms with Crippen LogP contribution >= 0.6 is 0 Å². The van der Waals surface area contributed by atoms with Gasteiger partial charge in [0, 0.05) is 0 Å². The van der Waals surface area contributed by atoms with E-state index in [2.05, 4.69) is 0 Å². The predicted octanol–water partition coefficient (Wildman–Crippen LogP) is 1.71. The molecule has 0 aliphatic carbocycles. The molecule has 0 amide bonds. The highest BCUT2D eigenvalue weighted by atomic mass is 16.4. The summed E-state index contributed by atoms with van der Waals surface area (Å²) in [6.07, 6.45) is 1.38. The number of hydrogen-bond donors (Lipinski definition) is 4. The molecule has 1 heterocycles. The maximum Gasteiger partial charge on any atom is 0.342 e. The van der Waals surface area contributed by atoms with Crippen molar-refractivity contribution in [1.29, 1.82) is 0 Å². The van der Waals surface area contributed by atoms with Crippen molar-refractivity contribution in [1.82, 2.24) is 0 Å². The van der Waals surface area contributed by atoms with Gasteiger partial charge in [0.15, 0.2) is 5.76 Å². The Hall–Kier alpha value is -1.63. The van der Waals surface area contributed by atoms with Gasteiger partial charge in [0.2, 0.25) is 0 Å². The molecule has 0 saturated carbocycles. The second-order valence-electron chi connectivity index (χ2n) is 6.20. The Bertz CT molecular complexity index is 641. The molecule has 0 spiro atoms. The smallest absolute Gasteiger partial charge is 0.342 e. The minimum absolute atomic E-state index is 0.00205. The fraction of sp³-hybridized carbons (Fsp3) is 0.588. The number of aliphatic hydroxyl groups is 3. The zero-order chi connectivity index (χ0) is 17.9. The first kappa shape index (κ1) is 19.4. The lowest BCUT2D eigenvalue weighted by Crippen LogP contribution is -2.27. The molecule has 4 N–H and O–H groups in total. The van der Waals surface area contributed by atoms with E-state index in [1.165, 1.54) is 19.9 Å². The zero-order valence-electron chi connectivity index (χ0n) is 14.3. The maximum absolute atomic E-state index is 11.8. The van der Waals surface area contributed by atoms with Crippen molar-refractivity contribution in [3.05, 3.63) is 39.0 Å². The third-order valence-corrected chi connectivity index (χ3v) is 4.19. The summed E-state index contributed by atoms with van der Waals surface area (Å²) >= 11 is 0. The Labute approximate surface area is 135 Å². The van der Waals surface area contributed by atoms with Gasteiger partial charge in [0.05, 0.1) is 23.8 Å². The van der Waals surface area contributed by atoms with Crippen molar-refractivity contribution in [2.45, 2.75) is 59.4 Å². The van der Waals surface area contributed by atoms with Gasteiger partial charge in [-0.3, -0.25) is 0 Å². The highest BCUT2D eigenvalue weighted by Gasteiger charge is 2.31. The van der Waals surface area contributed by atoms with E-state index in [1.807, 2.05) is 13.8 Å². The van der Waals surface area contributed by atoms with Gasteiger partial charge in [0.25, 0.3) is 0 Å². The van der Waals surface area contributed by atoms with E-state index in [4.69, 9.17) is 4.42 Å². The van der Waals surface area contributed by atoms with Crippen LogP contribution in [0.2, 0.25) is 0 Å². The topological polar surface area (TPSA) is 111 Å². The van der Waals surface area contributed by atoms with Crippen molar-refractivity contribution in [2.75, 3.05) is 0 Å². The van der Waals surface area contributed by atoms with Crippen molar-refractivity contribution in [3.8, 4) is 5.75 Å². The molecule has 1 rings (SSSR count). The molecule has 23 heavy (non-hydrogen) atoms. The normalized spacial score (nSPS) is 17.7. The standard InChI is InChI=1S/C17H26O6/c1-6-9(2)13(19)10(3)7-17(5,22)15-12(8-18)14(20)11(4)16(21)23-15/h7,9,13,18-20,22H,6,8H2,1-5H3/b10-7+/t9-,13+,17-/m0/s1. The van der Waals surface area contributed by atoms with Crippen LogP contribution in [-0.2, 0) is 12.2 Å². The molecule has 0 fully saturated rings. The van der Waals surface area contributed by atoms with Gasteiger partial charge in [-0.1, -0.05) is 20.3 Å². The van der Waals surface area contributed by atoms with Crippen molar-refractivity contribution in [2.24, 2.45) is 5.92 Å². The SMILES string of the molecule is CC[C@H](C)[C@@H](O)/C(C)=C/[C@](C)(O)c1oc(=O)c(C)c(O)c1CO. The summed E-state index contributed by atoms with van der Waals surface area (Å²) in [5.74, 6) is -0.630. The van der Waals surface area contributed by atoms with E-state index in [0.717, 1.165) is 6.42 Å². The third-order valence-electron chi connectivity index (χ3n) is 4.19. The van der Waals surface area contributed by atoms with Gasteiger partial charge in [-0.25, -0.2) is 4.79 Å². The Balaban J connectivity index is 3.42. The zero-order valence-corrected chi connectivity index (χ0v) is 14.3. The second-order valence-corrected chi connectivity index (χ2v) is 6.20. The molecule has 1 aromatic rings. The summed E-state index contributed by atoms with van der Waals surface area (Å²) in [4.78, 5) is 11.8. The highest BCUT2D eigenvalue weighted by molar-refractivity contribution is 5.42. The second kappa shape index (κ2) is 7.29. The van der Waals surface area contributed by atoms with Gasteiger partial charge >= 0.3 is 5.63 Å². The number of rotatable bonds is 6. The van der Waals surface area contributed by atoms with E-state index < -0.39 is 29.7 Å². The van der Waals surface area contributed by atoms with Crippen LogP contribution in [0.5, 0.6) is 5.75 Å². The molecule has 0 aliphatic rings. The Morgan fingerprint density at radius 3 is 2.48 bits per heavy atom. The lowest BCUT2D eigenvalue weighted by Gasteiger charge is -2.25. The monoisotopic (exact) mass is 326 g/mol. The summed E-state index contributed by atoms with van der Waals surface area (Å²) in [6.45, 7) is 7.63. The van der Waals surface area contributed by atoms with E-state index in [1.54, 1.807) is 6.92 Å². The molecule has 130 valence electrons. The van der Waals surface area contributed by atoms with Crippen LogP contribution in [-0.4, -0.2) is 26.5 Å². The first-order chi connectivity index (χ1) is 10.6. The molecular formula is C17H26O6. The molecule has 0 saturated heterocycles. The van der Waals surface area contributed by atoms with Crippen molar-refractivity contribution in [3.63, 3.8) is 0 Å². The van der Waals surface area contributed by atoms with Crippen LogP contribution < -0.4 is 5.63 Å². The lowest BCUT2D eigenvalue weighted by molar-refractivity contribution is 0.0709. The molecule has 0 unspecified atom stereocenters. The van der Waals surface area contributed by atoms with Crippen LogP contribution in [0.25, 0.3) is 0 Å². The molecular weight excluding hydrogens is 300 g/mol. The minimum atomic E-state index is -1.76. The summed E-state index contributed by atoms with van der Waals surface area (Å²) in [6, 6.07) is 0. The fourth-order valence-corrected chi connectivity index (χ4v) is 2.48. The largest absolute Gasteiger partial charge is 0.507 e. The molecule has 0 radical (unpaired) electrons. The van der Waals surface area contributed by atoms with Crippen LogP contribution in [0.4, 0.5) is 0 Å². The first-order valence-corrected chi connectivity index (χ1v) is 7.63. The van der Waals surface area contributed by atoms with Crippen LogP contribution in [0.15, 0.2) is 20.9 Å². The van der Waals surface area contributed by atoms with Gasteiger partial charge in [-0.05, 0) is 38.3 Å². The Morgan fingerprint density at radius 2 is 2.00 bits per heavy atom. The molecule has 0 aromatic carbocycles. The molecule has 6 heteroatoms. The van der Waals surface area contributed by atoms with Crippen LogP contribution in [0.1, 0.15) is 51.0 Å². The van der Waals surface area contributed by atoms with E-state index in [0.29, 0.717) is 5.57 Å². The predicted molar refractivity (Wildman–Crippen MR) is 86.1 cm³/mol. The lowest BCUT2D eigenvalue weighted by atomic mass is 9.90. The Kier molecular flexibility index (Phi) is 6.16. The van der Waals surface area contributed by atoms with E-state index in [9.17, 15) is 25.2 Å². The van der Waals surface area contributed by atoms with Crippen molar-refractivity contribution < 1.29 is 24.8 Å². The summed E-state index contributed by atoms with van der Waals surface area (Å²) < 4.78 is 5.09. The summed E-state index contributed by atoms with van der Waals surface area (Å²) in [5.41, 5.74) is -2.12. The molecule has 1 aromatic heterocycles. The minimum Gasteiger partial charge on any atom is -0.507 e. The van der Waals surface area contributed by atoms with Crippen LogP contribution in [0.3, 0.4) is 0 Å². The van der Waals surface area contributed by atoms with Gasteiger partial charge < -0.3 is 24.8 Å². The van der Waals surface area contributed by atoms with Crippen molar-refractivity contribution >= 4 is 0 Å². The Morgan fingerprint density at radius 1 is 1.43 bits per heavy atom. The van der Waals surface area contributed by atoms with Crippen LogP contribution in [0, 0.1) is 12.8 Å². The summed E-state index contributed by atoms with van der Waals surface area (Å²) in [5, 5.41) is 40.3. The first-order valence-electron chi connectivity index (χ1n) is 7.63. The third kappa shape index (κ3) is 4.02. The maximum atomic E-state index is 11.8. The number of hydrogen-bond acceptors (Lipinski definition) is 6.